The Morgan fingerprint density at radius 2 is 2.09 bits per heavy atom. The van der Waals surface area contributed by atoms with Crippen molar-refractivity contribution in [3.63, 3.8) is 0 Å². The molecule has 7 nitrogen and oxygen atoms in total. The molecular weight excluding hydrogens is 402 g/mol. The first-order chi connectivity index (χ1) is 15.7. The Labute approximate surface area is 189 Å². The molecule has 32 heavy (non-hydrogen) atoms. The summed E-state index contributed by atoms with van der Waals surface area (Å²) in [5, 5.41) is 6.66. The van der Waals surface area contributed by atoms with Crippen molar-refractivity contribution in [3.8, 4) is 17.0 Å². The number of H-pyrrole nitrogens is 1. The van der Waals surface area contributed by atoms with Gasteiger partial charge in [-0.3, -0.25) is 0 Å². The first-order valence-corrected chi connectivity index (χ1v) is 11.2. The second-order valence-corrected chi connectivity index (χ2v) is 7.87. The summed E-state index contributed by atoms with van der Waals surface area (Å²) in [5.74, 6) is 2.48. The summed E-state index contributed by atoms with van der Waals surface area (Å²) in [7, 11) is 0. The molecular formula is C25H31N5O2. The predicted molar refractivity (Wildman–Crippen MR) is 127 cm³/mol. The third-order valence-electron chi connectivity index (χ3n) is 5.29. The highest BCUT2D eigenvalue weighted by molar-refractivity contribution is 5.79. The van der Waals surface area contributed by atoms with Crippen molar-refractivity contribution in [2.45, 2.75) is 39.5 Å². The second kappa shape index (κ2) is 10.8. The molecule has 0 amide bonds. The number of ether oxygens (including phenoxy) is 2. The maximum atomic E-state index is 6.20. The Balaban J connectivity index is 1.41. The van der Waals surface area contributed by atoms with Crippen molar-refractivity contribution < 1.29 is 9.47 Å². The van der Waals surface area contributed by atoms with Crippen LogP contribution < -0.4 is 15.4 Å². The van der Waals surface area contributed by atoms with Gasteiger partial charge in [0.05, 0.1) is 38.2 Å². The number of nitrogens with zero attached hydrogens (tertiary/aromatic N) is 2. The Kier molecular flexibility index (Phi) is 7.40. The van der Waals surface area contributed by atoms with E-state index < -0.39 is 0 Å². The van der Waals surface area contributed by atoms with Crippen LogP contribution in [0.15, 0.2) is 59.7 Å². The van der Waals surface area contributed by atoms with Gasteiger partial charge in [0.1, 0.15) is 17.7 Å². The highest BCUT2D eigenvalue weighted by Crippen LogP contribution is 2.24. The zero-order valence-electron chi connectivity index (χ0n) is 18.7. The molecule has 2 aromatic carbocycles. The number of aliphatic imine (C=N–C) groups is 1. The molecule has 2 heterocycles. The number of rotatable bonds is 8. The fourth-order valence-electron chi connectivity index (χ4n) is 3.58. The lowest BCUT2D eigenvalue weighted by Gasteiger charge is -2.16. The Hall–Kier alpha value is -3.32. The topological polar surface area (TPSA) is 83.6 Å². The second-order valence-electron chi connectivity index (χ2n) is 7.87. The van der Waals surface area contributed by atoms with Gasteiger partial charge in [0, 0.05) is 18.5 Å². The zero-order valence-corrected chi connectivity index (χ0v) is 18.7. The molecule has 4 rings (SSSR count). The van der Waals surface area contributed by atoms with E-state index in [1.54, 1.807) is 0 Å². The summed E-state index contributed by atoms with van der Waals surface area (Å²) in [4.78, 5) is 12.6. The van der Waals surface area contributed by atoms with Crippen molar-refractivity contribution in [1.29, 1.82) is 0 Å². The summed E-state index contributed by atoms with van der Waals surface area (Å²) in [5.41, 5.74) is 4.35. The van der Waals surface area contributed by atoms with Crippen LogP contribution in [0.1, 0.15) is 30.3 Å². The molecule has 0 bridgehead atoms. The molecule has 1 aliphatic heterocycles. The highest BCUT2D eigenvalue weighted by Gasteiger charge is 2.18. The van der Waals surface area contributed by atoms with E-state index in [0.29, 0.717) is 19.7 Å². The molecule has 1 aliphatic rings. The predicted octanol–water partition coefficient (Wildman–Crippen LogP) is 3.81. The van der Waals surface area contributed by atoms with Crippen LogP contribution in [0.4, 0.5) is 0 Å². The van der Waals surface area contributed by atoms with E-state index in [1.807, 2.05) is 24.4 Å². The summed E-state index contributed by atoms with van der Waals surface area (Å²) in [6.07, 6.45) is 2.90. The molecule has 1 atom stereocenters. The van der Waals surface area contributed by atoms with Crippen LogP contribution in [-0.4, -0.2) is 41.8 Å². The van der Waals surface area contributed by atoms with Crippen LogP contribution in [0.5, 0.6) is 5.75 Å². The van der Waals surface area contributed by atoms with E-state index in [1.165, 1.54) is 5.56 Å². The molecule has 0 aliphatic carbocycles. The number of benzene rings is 2. The normalized spacial score (nSPS) is 16.2. The molecule has 1 saturated heterocycles. The van der Waals surface area contributed by atoms with Gasteiger partial charge in [-0.25, -0.2) is 9.98 Å². The molecule has 7 heteroatoms. The molecule has 3 N–H and O–H groups in total. The lowest BCUT2D eigenvalue weighted by atomic mass is 10.1. The van der Waals surface area contributed by atoms with E-state index in [2.05, 4.69) is 64.8 Å². The van der Waals surface area contributed by atoms with Crippen LogP contribution in [-0.2, 0) is 17.8 Å². The Morgan fingerprint density at radius 1 is 1.22 bits per heavy atom. The highest BCUT2D eigenvalue weighted by atomic mass is 16.5. The van der Waals surface area contributed by atoms with E-state index >= 15 is 0 Å². The number of nitrogens with one attached hydrogen (secondary N) is 3. The standard InChI is InChI=1S/C25H31N5O2/c1-3-26-25(29-16-24-27-15-22(30-24)19-7-5-4-6-8-19)28-14-20-10-9-18(2)13-23(20)32-21-11-12-31-17-21/h4-10,13,15,21H,3,11-12,14,16-17H2,1-2H3,(H,27,30)(H2,26,28,29). The Bertz CT molecular complexity index is 1030. The summed E-state index contributed by atoms with van der Waals surface area (Å²) >= 11 is 0. The van der Waals surface area contributed by atoms with Crippen molar-refractivity contribution >= 4 is 5.96 Å². The number of hydrogen-bond donors (Lipinski definition) is 3. The van der Waals surface area contributed by atoms with Gasteiger partial charge < -0.3 is 25.1 Å². The maximum Gasteiger partial charge on any atom is 0.191 e. The molecule has 0 saturated carbocycles. The number of hydrogen-bond acceptors (Lipinski definition) is 4. The average molecular weight is 434 g/mol. The Morgan fingerprint density at radius 3 is 2.88 bits per heavy atom. The van der Waals surface area contributed by atoms with Gasteiger partial charge in [-0.1, -0.05) is 42.5 Å². The van der Waals surface area contributed by atoms with E-state index in [-0.39, 0.29) is 6.10 Å². The summed E-state index contributed by atoms with van der Waals surface area (Å²) in [6, 6.07) is 16.4. The maximum absolute atomic E-state index is 6.20. The third kappa shape index (κ3) is 5.88. The van der Waals surface area contributed by atoms with Crippen molar-refractivity contribution in [1.82, 2.24) is 20.6 Å². The van der Waals surface area contributed by atoms with Gasteiger partial charge in [-0.15, -0.1) is 0 Å². The van der Waals surface area contributed by atoms with Gasteiger partial charge in [0.15, 0.2) is 5.96 Å². The van der Waals surface area contributed by atoms with E-state index in [9.17, 15) is 0 Å². The lowest BCUT2D eigenvalue weighted by Crippen LogP contribution is -2.37. The number of guanidine groups is 1. The van der Waals surface area contributed by atoms with E-state index in [4.69, 9.17) is 14.5 Å². The number of imidazole rings is 1. The van der Waals surface area contributed by atoms with Crippen LogP contribution in [0.25, 0.3) is 11.3 Å². The number of aromatic amines is 1. The molecule has 1 aromatic heterocycles. The van der Waals surface area contributed by atoms with Crippen LogP contribution in [0.3, 0.4) is 0 Å². The SMILES string of the molecule is CCNC(=NCc1ccc(C)cc1OC1CCOC1)NCc1ncc(-c2ccccc2)[nH]1. The molecule has 1 fully saturated rings. The first kappa shape index (κ1) is 21.9. The fourth-order valence-corrected chi connectivity index (χ4v) is 3.58. The lowest BCUT2D eigenvalue weighted by molar-refractivity contribution is 0.140. The largest absolute Gasteiger partial charge is 0.488 e. The molecule has 168 valence electrons. The monoisotopic (exact) mass is 433 g/mol. The molecule has 0 spiro atoms. The minimum atomic E-state index is 0.114. The molecule has 3 aromatic rings. The van der Waals surface area contributed by atoms with Crippen molar-refractivity contribution in [3.05, 3.63) is 71.7 Å². The summed E-state index contributed by atoms with van der Waals surface area (Å²) < 4.78 is 11.7. The minimum Gasteiger partial charge on any atom is -0.488 e. The van der Waals surface area contributed by atoms with Gasteiger partial charge in [-0.05, 0) is 31.0 Å². The van der Waals surface area contributed by atoms with Gasteiger partial charge in [0.25, 0.3) is 0 Å². The zero-order chi connectivity index (χ0) is 22.2. The minimum absolute atomic E-state index is 0.114. The number of aryl methyl sites for hydroxylation is 1. The van der Waals surface area contributed by atoms with E-state index in [0.717, 1.165) is 53.9 Å². The van der Waals surface area contributed by atoms with Gasteiger partial charge >= 0.3 is 0 Å². The smallest absolute Gasteiger partial charge is 0.191 e. The molecule has 1 unspecified atom stereocenters. The average Bonchev–Trinajstić information content (AvgIpc) is 3.50. The molecule has 0 radical (unpaired) electrons. The summed E-state index contributed by atoms with van der Waals surface area (Å²) in [6.45, 7) is 7.38. The first-order valence-electron chi connectivity index (χ1n) is 11.2. The van der Waals surface area contributed by atoms with Gasteiger partial charge in [-0.2, -0.15) is 0 Å². The van der Waals surface area contributed by atoms with Gasteiger partial charge in [0.2, 0.25) is 0 Å². The van der Waals surface area contributed by atoms with Crippen LogP contribution in [0.2, 0.25) is 0 Å². The van der Waals surface area contributed by atoms with Crippen LogP contribution in [0, 0.1) is 6.92 Å². The third-order valence-corrected chi connectivity index (χ3v) is 5.29. The fraction of sp³-hybridized carbons (Fsp3) is 0.360. The quantitative estimate of drug-likeness (QED) is 0.372. The van der Waals surface area contributed by atoms with Crippen molar-refractivity contribution in [2.75, 3.05) is 19.8 Å². The van der Waals surface area contributed by atoms with Crippen LogP contribution >= 0.6 is 0 Å². The number of aromatic nitrogens is 2. The van der Waals surface area contributed by atoms with Crippen molar-refractivity contribution in [2.24, 2.45) is 4.99 Å².